The molecule has 0 amide bonds. The molecule has 464 valence electrons. The molecule has 0 unspecified atom stereocenters. The number of rotatable bonds is 4. The van der Waals surface area contributed by atoms with Gasteiger partial charge in [0.2, 0.25) is 0 Å². The van der Waals surface area contributed by atoms with Crippen LogP contribution in [0.1, 0.15) is 16.7 Å². The van der Waals surface area contributed by atoms with Crippen molar-refractivity contribution in [3.8, 4) is 23.0 Å². The predicted octanol–water partition coefficient (Wildman–Crippen LogP) is 15.6. The maximum absolute atomic E-state index is 17.3. The number of ether oxygens (including phenoxy) is 2. The highest BCUT2D eigenvalue weighted by Gasteiger charge is 2.53. The molecule has 0 saturated carbocycles. The van der Waals surface area contributed by atoms with E-state index in [4.69, 9.17) is 9.47 Å². The largest absolute Gasteiger partial charge is 0.458 e. The summed E-state index contributed by atoms with van der Waals surface area (Å²) in [5, 5.41) is -0.195. The highest BCUT2D eigenvalue weighted by Crippen LogP contribution is 2.54. The number of anilines is 12. The molecule has 2 aromatic heterocycles. The van der Waals surface area contributed by atoms with E-state index in [0.29, 0.717) is 55.1 Å². The monoisotopic (exact) mass is 1320 g/mol. The standard InChI is InChI=1S/C73H35B3F12N4O2S2/c1-30-16-52-63-53(17-30)92(69-45(85)14-7-15-46(69)86)70-61-47(87)22-33(77)24-59(61)95-72(70)75(63)36-26-35-49(28-50(36)89(52)66-39(79)8-4-9-40(66)80)90(67-41(81)10-5-11-42(67)82)54-18-31(2)20-57-64(54)74(35)38-27-37-51(29-56(38)93-57)91(68-43(83)12-6-13-44(68)84)55-19-32(3)21-58-65(55)76(37)73-71(94-58)62-48(88)23-34(78)25-60(62)96-73/h4-29H,1-3H3. The maximum atomic E-state index is 17.3. The zero-order chi connectivity index (χ0) is 65.7. The summed E-state index contributed by atoms with van der Waals surface area (Å²) >= 11 is 2.00. The van der Waals surface area contributed by atoms with Gasteiger partial charge in [-0.2, -0.15) is 0 Å². The summed E-state index contributed by atoms with van der Waals surface area (Å²) < 4.78 is 216. The van der Waals surface area contributed by atoms with Crippen LogP contribution >= 0.6 is 22.7 Å². The van der Waals surface area contributed by atoms with E-state index in [9.17, 15) is 0 Å². The highest BCUT2D eigenvalue weighted by molar-refractivity contribution is 7.34. The zero-order valence-electron chi connectivity index (χ0n) is 49.7. The van der Waals surface area contributed by atoms with E-state index in [-0.39, 0.29) is 104 Å². The minimum absolute atomic E-state index is 0.000320. The van der Waals surface area contributed by atoms with Crippen molar-refractivity contribution in [3.05, 3.63) is 244 Å². The summed E-state index contributed by atoms with van der Waals surface area (Å²) in [6.45, 7) is 1.95. The van der Waals surface area contributed by atoms with Gasteiger partial charge in [0.05, 0.1) is 16.5 Å². The quantitative estimate of drug-likeness (QED) is 0.129. The second-order valence-electron chi connectivity index (χ2n) is 24.8. The van der Waals surface area contributed by atoms with Crippen LogP contribution in [0.25, 0.3) is 20.2 Å². The number of thiophene rings is 2. The Labute approximate surface area is 545 Å². The van der Waals surface area contributed by atoms with E-state index in [0.717, 1.165) is 89.4 Å². The molecule has 6 aliphatic rings. The van der Waals surface area contributed by atoms with Crippen LogP contribution in [0.5, 0.6) is 23.0 Å². The maximum Gasteiger partial charge on any atom is 0.268 e. The Balaban J connectivity index is 0.956. The zero-order valence-corrected chi connectivity index (χ0v) is 51.3. The van der Waals surface area contributed by atoms with Gasteiger partial charge in [0.25, 0.3) is 20.1 Å². The van der Waals surface area contributed by atoms with Gasteiger partial charge in [-0.3, -0.25) is 0 Å². The van der Waals surface area contributed by atoms with E-state index >= 15 is 52.7 Å². The minimum atomic E-state index is -1.18. The van der Waals surface area contributed by atoms with Crippen LogP contribution in [0.2, 0.25) is 0 Å². The average Bonchev–Trinajstić information content (AvgIpc) is 1.27. The summed E-state index contributed by atoms with van der Waals surface area (Å²) in [4.78, 5) is 5.34. The van der Waals surface area contributed by atoms with Gasteiger partial charge >= 0.3 is 0 Å². The number of benzene rings is 11. The third kappa shape index (κ3) is 7.60. The minimum Gasteiger partial charge on any atom is -0.458 e. The molecule has 8 heterocycles. The third-order valence-corrected chi connectivity index (χ3v) is 21.5. The third-order valence-electron chi connectivity index (χ3n) is 19.2. The lowest BCUT2D eigenvalue weighted by molar-refractivity contribution is 0.487. The fraction of sp³-hybridized carbons (Fsp3) is 0.0411. The smallest absolute Gasteiger partial charge is 0.268 e. The molecule has 6 aliphatic heterocycles. The molecule has 0 radical (unpaired) electrons. The van der Waals surface area contributed by atoms with Crippen molar-refractivity contribution in [2.75, 3.05) is 19.6 Å². The number of halogens is 12. The van der Waals surface area contributed by atoms with Gasteiger partial charge in [-0.1, -0.05) is 36.4 Å². The fourth-order valence-corrected chi connectivity index (χ4v) is 18.3. The Hall–Kier alpha value is -10.5. The first-order valence-electron chi connectivity index (χ1n) is 30.2. The summed E-state index contributed by atoms with van der Waals surface area (Å²) in [6.07, 6.45) is 0. The Morgan fingerprint density at radius 1 is 0.302 bits per heavy atom. The van der Waals surface area contributed by atoms with Crippen LogP contribution in [0, 0.1) is 90.6 Å². The van der Waals surface area contributed by atoms with Crippen LogP contribution in [0.3, 0.4) is 0 Å². The van der Waals surface area contributed by atoms with E-state index < -0.39 is 113 Å². The van der Waals surface area contributed by atoms with Crippen LogP contribution in [0.15, 0.2) is 158 Å². The number of para-hydroxylation sites is 4. The molecule has 0 N–H and O–H groups in total. The number of fused-ring (bicyclic) bond motifs is 16. The first-order valence-corrected chi connectivity index (χ1v) is 31.9. The van der Waals surface area contributed by atoms with Gasteiger partial charge in [-0.05, 0) is 179 Å². The lowest BCUT2D eigenvalue weighted by Crippen LogP contribution is -2.65. The van der Waals surface area contributed by atoms with Crippen molar-refractivity contribution in [1.82, 2.24) is 0 Å². The highest BCUT2D eigenvalue weighted by atomic mass is 32.1. The molecule has 0 atom stereocenters. The summed E-state index contributed by atoms with van der Waals surface area (Å²) in [5.41, 5.74) is 2.41. The van der Waals surface area contributed by atoms with Gasteiger partial charge in [-0.25, -0.2) is 52.7 Å². The number of aryl methyl sites for hydroxylation is 3. The Kier molecular flexibility index (Phi) is 11.8. The molecule has 96 heavy (non-hydrogen) atoms. The van der Waals surface area contributed by atoms with Crippen LogP contribution < -0.4 is 76.9 Å². The Morgan fingerprint density at radius 3 is 1.19 bits per heavy atom. The lowest BCUT2D eigenvalue weighted by atomic mass is 9.30. The first kappa shape index (κ1) is 57.0. The van der Waals surface area contributed by atoms with Gasteiger partial charge < -0.3 is 29.1 Å². The van der Waals surface area contributed by atoms with E-state index in [1.165, 1.54) is 43.9 Å². The summed E-state index contributed by atoms with van der Waals surface area (Å²) in [7, 11) is 0. The average molecular weight is 1320 g/mol. The van der Waals surface area contributed by atoms with Crippen molar-refractivity contribution in [2.45, 2.75) is 20.8 Å². The van der Waals surface area contributed by atoms with Crippen molar-refractivity contribution in [2.24, 2.45) is 0 Å². The SMILES string of the molecule is Cc1cc2c3c(c1)N(c1c(F)cccc1F)c1cc4c(cc1B3c1cc3c(cc1O2)N(c1c(F)cccc1F)c1cc(C)cc2c1B3c1sc3cc(F)cc(F)c3c1O2)B1c2sc3cc(F)cc(F)c3c2N(c2c(F)cccc2F)c2cc(C)cc(c21)N4c1c(F)cccc1F. The Bertz CT molecular complexity index is 5730. The number of hydrogen-bond acceptors (Lipinski definition) is 8. The summed E-state index contributed by atoms with van der Waals surface area (Å²) in [6, 6.07) is 33.9. The molecule has 19 rings (SSSR count). The van der Waals surface area contributed by atoms with E-state index in [1.54, 1.807) is 81.4 Å². The molecule has 13 aromatic rings. The van der Waals surface area contributed by atoms with E-state index in [1.807, 2.05) is 0 Å². The fourth-order valence-electron chi connectivity index (χ4n) is 15.7. The second kappa shape index (κ2) is 19.8. The van der Waals surface area contributed by atoms with Gasteiger partial charge in [0.15, 0.2) is 0 Å². The molecule has 23 heteroatoms. The van der Waals surface area contributed by atoms with Crippen LogP contribution in [-0.2, 0) is 0 Å². The van der Waals surface area contributed by atoms with Crippen molar-refractivity contribution in [1.29, 1.82) is 0 Å². The van der Waals surface area contributed by atoms with Gasteiger partial charge in [-0.15, -0.1) is 22.7 Å². The van der Waals surface area contributed by atoms with Gasteiger partial charge in [0, 0.05) is 77.0 Å². The molecular weight excluding hydrogens is 1290 g/mol. The van der Waals surface area contributed by atoms with Gasteiger partial charge in [0.1, 0.15) is 116 Å². The molecule has 0 fully saturated rings. The lowest BCUT2D eigenvalue weighted by Gasteiger charge is -2.46. The summed E-state index contributed by atoms with van der Waals surface area (Å²) in [5.74, 6) is -11.3. The van der Waals surface area contributed by atoms with Crippen molar-refractivity contribution < 1.29 is 62.2 Å². The second-order valence-corrected chi connectivity index (χ2v) is 27.0. The van der Waals surface area contributed by atoms with Crippen molar-refractivity contribution >= 4 is 179 Å². The Morgan fingerprint density at radius 2 is 0.677 bits per heavy atom. The molecule has 11 aromatic carbocycles. The molecular formula is C73H35B3F12N4O2S2. The molecule has 6 nitrogen and oxygen atoms in total. The van der Waals surface area contributed by atoms with Crippen molar-refractivity contribution in [3.63, 3.8) is 0 Å². The van der Waals surface area contributed by atoms with Crippen LogP contribution in [0.4, 0.5) is 121 Å². The number of nitrogens with zero attached hydrogens (tertiary/aromatic N) is 4. The molecule has 0 saturated heterocycles. The van der Waals surface area contributed by atoms with E-state index in [2.05, 4.69) is 0 Å². The number of hydrogen-bond donors (Lipinski definition) is 0. The first-order chi connectivity index (χ1) is 46.3. The van der Waals surface area contributed by atoms with Crippen LogP contribution in [-0.4, -0.2) is 20.1 Å². The molecule has 0 aliphatic carbocycles. The predicted molar refractivity (Wildman–Crippen MR) is 357 cm³/mol. The molecule has 0 bridgehead atoms. The normalized spacial score (nSPS) is 14.0. The molecule has 0 spiro atoms. The topological polar surface area (TPSA) is 31.4 Å².